The van der Waals surface area contributed by atoms with E-state index in [1.807, 2.05) is 29.9 Å². The minimum absolute atomic E-state index is 0.393. The number of imidazole rings is 1. The highest BCUT2D eigenvalue weighted by molar-refractivity contribution is 8.01. The Morgan fingerprint density at radius 2 is 2.22 bits per heavy atom. The van der Waals surface area contributed by atoms with Gasteiger partial charge >= 0.3 is 0 Å². The Morgan fingerprint density at radius 1 is 1.35 bits per heavy atom. The summed E-state index contributed by atoms with van der Waals surface area (Å²) in [6, 6.07) is 0.393. The lowest BCUT2D eigenvalue weighted by Crippen LogP contribution is -2.14. The minimum Gasteiger partial charge on any atom is -0.331 e. The van der Waals surface area contributed by atoms with Gasteiger partial charge in [0.05, 0.1) is 28.8 Å². The van der Waals surface area contributed by atoms with Crippen molar-refractivity contribution in [2.45, 2.75) is 19.9 Å². The van der Waals surface area contributed by atoms with Gasteiger partial charge in [-0.05, 0) is 38.9 Å². The van der Waals surface area contributed by atoms with E-state index in [2.05, 4.69) is 49.8 Å². The predicted octanol–water partition coefficient (Wildman–Crippen LogP) is 2.66. The topological polar surface area (TPSA) is 74.1 Å². The molecule has 7 nitrogen and oxygen atoms in total. The van der Waals surface area contributed by atoms with E-state index >= 15 is 0 Å². The lowest BCUT2D eigenvalue weighted by Gasteiger charge is -2.12. The van der Waals surface area contributed by atoms with Gasteiger partial charge in [0.15, 0.2) is 11.5 Å². The molecule has 0 saturated carbocycles. The minimum atomic E-state index is 0.393. The van der Waals surface area contributed by atoms with Gasteiger partial charge in [-0.1, -0.05) is 0 Å². The molecule has 0 fully saturated rings. The van der Waals surface area contributed by atoms with Crippen LogP contribution in [0.15, 0.2) is 35.9 Å². The van der Waals surface area contributed by atoms with Gasteiger partial charge in [-0.2, -0.15) is 5.10 Å². The van der Waals surface area contributed by atoms with E-state index in [4.69, 9.17) is 0 Å². The normalized spacial score (nSPS) is 18.6. The fourth-order valence-electron chi connectivity index (χ4n) is 2.57. The number of fused-ring (bicyclic) bond motifs is 1. The van der Waals surface area contributed by atoms with Crippen molar-refractivity contribution in [3.05, 3.63) is 41.6 Å². The van der Waals surface area contributed by atoms with E-state index in [0.717, 1.165) is 33.4 Å². The highest BCUT2D eigenvalue weighted by Gasteiger charge is 2.20. The van der Waals surface area contributed by atoms with Crippen LogP contribution in [0.4, 0.5) is 5.82 Å². The third-order valence-corrected chi connectivity index (χ3v) is 4.91. The van der Waals surface area contributed by atoms with Crippen LogP contribution in [0.1, 0.15) is 12.6 Å². The highest BCUT2D eigenvalue weighted by Crippen LogP contribution is 2.32. The standard InChI is InChI=1S/C15H17N7S/c1-9-8-22-12(11-5-17-18-6-11)7-16-15(22)14(19-9)20-13-4-10(2)21(3)23-13/h4-8,10H,1-3H3,(H,17,18)(H,19,20). The largest absolute Gasteiger partial charge is 0.331 e. The molecule has 1 aliphatic heterocycles. The van der Waals surface area contributed by atoms with Crippen molar-refractivity contribution in [1.29, 1.82) is 0 Å². The van der Waals surface area contributed by atoms with E-state index in [9.17, 15) is 0 Å². The molecule has 0 saturated heterocycles. The molecular weight excluding hydrogens is 310 g/mol. The summed E-state index contributed by atoms with van der Waals surface area (Å²) < 4.78 is 4.24. The second kappa shape index (κ2) is 5.39. The van der Waals surface area contributed by atoms with Gasteiger partial charge in [-0.3, -0.25) is 9.50 Å². The van der Waals surface area contributed by atoms with Crippen molar-refractivity contribution in [2.24, 2.45) is 0 Å². The summed E-state index contributed by atoms with van der Waals surface area (Å²) >= 11 is 1.68. The fourth-order valence-corrected chi connectivity index (χ4v) is 3.51. The SMILES string of the molecule is Cc1cn2c(-c3cn[nH]c3)cnc2c(NC2=CC(C)N(C)S2)n1. The summed E-state index contributed by atoms with van der Waals surface area (Å²) in [4.78, 5) is 9.16. The van der Waals surface area contributed by atoms with Crippen molar-refractivity contribution in [1.82, 2.24) is 28.9 Å². The molecule has 118 valence electrons. The van der Waals surface area contributed by atoms with Crippen LogP contribution in [0.5, 0.6) is 0 Å². The number of H-pyrrole nitrogens is 1. The number of rotatable bonds is 3. The van der Waals surface area contributed by atoms with Crippen LogP contribution in [0, 0.1) is 6.92 Å². The molecular formula is C15H17N7S. The molecule has 3 aromatic rings. The second-order valence-corrected chi connectivity index (χ2v) is 6.79. The predicted molar refractivity (Wildman–Crippen MR) is 91.8 cm³/mol. The fraction of sp³-hybridized carbons (Fsp3) is 0.267. The maximum Gasteiger partial charge on any atom is 0.180 e. The average molecular weight is 327 g/mol. The Hall–Kier alpha value is -2.32. The zero-order valence-electron chi connectivity index (χ0n) is 13.1. The van der Waals surface area contributed by atoms with Gasteiger partial charge in [0, 0.05) is 24.0 Å². The first-order valence-electron chi connectivity index (χ1n) is 7.35. The molecule has 0 spiro atoms. The first-order valence-corrected chi connectivity index (χ1v) is 8.12. The van der Waals surface area contributed by atoms with Crippen LogP contribution in [-0.4, -0.2) is 42.0 Å². The van der Waals surface area contributed by atoms with Crippen molar-refractivity contribution >= 4 is 23.4 Å². The highest BCUT2D eigenvalue weighted by atomic mass is 32.2. The Balaban J connectivity index is 1.77. The van der Waals surface area contributed by atoms with Crippen molar-refractivity contribution in [3.8, 4) is 11.3 Å². The zero-order chi connectivity index (χ0) is 16.0. The maximum atomic E-state index is 4.62. The van der Waals surface area contributed by atoms with E-state index in [1.165, 1.54) is 0 Å². The summed E-state index contributed by atoms with van der Waals surface area (Å²) in [5.74, 6) is 0.765. The number of aromatic nitrogens is 5. The summed E-state index contributed by atoms with van der Waals surface area (Å²) in [6.45, 7) is 4.14. The molecule has 8 heteroatoms. The van der Waals surface area contributed by atoms with Gasteiger partial charge in [-0.15, -0.1) is 0 Å². The van der Waals surface area contributed by atoms with Crippen LogP contribution in [-0.2, 0) is 0 Å². The van der Waals surface area contributed by atoms with Gasteiger partial charge in [-0.25, -0.2) is 14.3 Å². The number of hydrogen-bond donors (Lipinski definition) is 2. The molecule has 4 heterocycles. The van der Waals surface area contributed by atoms with Crippen LogP contribution < -0.4 is 5.32 Å². The molecule has 3 aromatic heterocycles. The maximum absolute atomic E-state index is 4.62. The van der Waals surface area contributed by atoms with Crippen LogP contribution >= 0.6 is 11.9 Å². The number of anilines is 1. The third-order valence-electron chi connectivity index (χ3n) is 3.86. The molecule has 0 aromatic carbocycles. The number of nitrogens with one attached hydrogen (secondary N) is 2. The first-order chi connectivity index (χ1) is 11.1. The van der Waals surface area contributed by atoms with E-state index in [1.54, 1.807) is 18.1 Å². The summed E-state index contributed by atoms with van der Waals surface area (Å²) in [5.41, 5.74) is 3.71. The molecule has 23 heavy (non-hydrogen) atoms. The number of likely N-dealkylation sites (N-methyl/N-ethyl adjacent to an activating group) is 1. The quantitative estimate of drug-likeness (QED) is 0.721. The molecule has 1 aliphatic rings. The Kier molecular flexibility index (Phi) is 3.35. The average Bonchev–Trinajstić information content (AvgIpc) is 3.20. The van der Waals surface area contributed by atoms with Crippen molar-refractivity contribution < 1.29 is 0 Å². The molecule has 0 aliphatic carbocycles. The smallest absolute Gasteiger partial charge is 0.180 e. The summed E-state index contributed by atoms with van der Waals surface area (Å²) in [7, 11) is 2.08. The van der Waals surface area contributed by atoms with Gasteiger partial charge in [0.1, 0.15) is 0 Å². The Bertz CT molecular complexity index is 881. The zero-order valence-corrected chi connectivity index (χ0v) is 13.9. The monoisotopic (exact) mass is 327 g/mol. The van der Waals surface area contributed by atoms with Crippen LogP contribution in [0.2, 0.25) is 0 Å². The number of hydrogen-bond acceptors (Lipinski definition) is 6. The molecule has 2 N–H and O–H groups in total. The van der Waals surface area contributed by atoms with E-state index in [0.29, 0.717) is 6.04 Å². The number of aryl methyl sites for hydroxylation is 1. The second-order valence-electron chi connectivity index (χ2n) is 5.59. The molecule has 0 bridgehead atoms. The van der Waals surface area contributed by atoms with E-state index < -0.39 is 0 Å². The lowest BCUT2D eigenvalue weighted by atomic mass is 10.3. The first kappa shape index (κ1) is 14.3. The molecule has 4 rings (SSSR count). The van der Waals surface area contributed by atoms with Crippen LogP contribution in [0.3, 0.4) is 0 Å². The summed E-state index contributed by atoms with van der Waals surface area (Å²) in [5, 5.41) is 11.3. The molecule has 0 amide bonds. The van der Waals surface area contributed by atoms with E-state index in [-0.39, 0.29) is 0 Å². The lowest BCUT2D eigenvalue weighted by molar-refractivity contribution is 0.521. The molecule has 1 atom stereocenters. The summed E-state index contributed by atoms with van der Waals surface area (Å²) in [6.07, 6.45) is 9.67. The van der Waals surface area contributed by atoms with Gasteiger partial charge in [0.25, 0.3) is 0 Å². The number of aromatic amines is 1. The molecule has 1 unspecified atom stereocenters. The molecule has 0 radical (unpaired) electrons. The van der Waals surface area contributed by atoms with Gasteiger partial charge in [0.2, 0.25) is 0 Å². The Morgan fingerprint density at radius 3 is 2.91 bits per heavy atom. The Labute approximate surface area is 138 Å². The number of nitrogens with zero attached hydrogens (tertiary/aromatic N) is 5. The van der Waals surface area contributed by atoms with Crippen molar-refractivity contribution in [3.63, 3.8) is 0 Å². The van der Waals surface area contributed by atoms with Gasteiger partial charge < -0.3 is 5.32 Å². The third kappa shape index (κ3) is 2.49. The van der Waals surface area contributed by atoms with Crippen LogP contribution in [0.25, 0.3) is 16.9 Å². The van der Waals surface area contributed by atoms with Crippen molar-refractivity contribution in [2.75, 3.05) is 12.4 Å².